The van der Waals surface area contributed by atoms with Gasteiger partial charge in [0, 0.05) is 24.3 Å². The van der Waals surface area contributed by atoms with E-state index in [4.69, 9.17) is 15.2 Å². The second kappa shape index (κ2) is 5.48. The number of methoxy groups -OCH3 is 2. The van der Waals surface area contributed by atoms with Gasteiger partial charge >= 0.3 is 0 Å². The monoisotopic (exact) mass is 250 g/mol. The summed E-state index contributed by atoms with van der Waals surface area (Å²) in [6, 6.07) is 6.55. The molecule has 2 atom stereocenters. The van der Waals surface area contributed by atoms with Gasteiger partial charge in [-0.2, -0.15) is 0 Å². The van der Waals surface area contributed by atoms with E-state index in [0.717, 1.165) is 31.0 Å². The van der Waals surface area contributed by atoms with Gasteiger partial charge in [0.25, 0.3) is 0 Å². The lowest BCUT2D eigenvalue weighted by atomic mass is 10.0. The van der Waals surface area contributed by atoms with Gasteiger partial charge in [-0.25, -0.2) is 0 Å². The highest BCUT2D eigenvalue weighted by Crippen LogP contribution is 2.35. The van der Waals surface area contributed by atoms with Crippen LogP contribution in [0.2, 0.25) is 0 Å². The fourth-order valence-corrected chi connectivity index (χ4v) is 2.69. The van der Waals surface area contributed by atoms with E-state index in [9.17, 15) is 0 Å². The minimum Gasteiger partial charge on any atom is -0.493 e. The molecular weight excluding hydrogens is 228 g/mol. The Morgan fingerprint density at radius 3 is 2.56 bits per heavy atom. The van der Waals surface area contributed by atoms with Gasteiger partial charge in [0.1, 0.15) is 0 Å². The van der Waals surface area contributed by atoms with Crippen molar-refractivity contribution in [1.29, 1.82) is 0 Å². The van der Waals surface area contributed by atoms with E-state index >= 15 is 0 Å². The van der Waals surface area contributed by atoms with Crippen LogP contribution in [0.25, 0.3) is 0 Å². The number of anilines is 1. The molecule has 18 heavy (non-hydrogen) atoms. The van der Waals surface area contributed by atoms with E-state index < -0.39 is 0 Å². The predicted molar refractivity (Wildman–Crippen MR) is 73.5 cm³/mol. The molecule has 1 aliphatic heterocycles. The standard InChI is InChI=1S/C14H22N2O2/c1-10-11(9-15)6-7-16(10)12-4-5-13(17-2)14(8-12)18-3/h4-5,8,10-11H,6-7,9,15H2,1-3H3. The molecule has 1 aliphatic rings. The number of benzene rings is 1. The molecule has 0 bridgehead atoms. The fraction of sp³-hybridized carbons (Fsp3) is 0.571. The SMILES string of the molecule is COc1ccc(N2CCC(CN)C2C)cc1OC. The molecule has 0 spiro atoms. The van der Waals surface area contributed by atoms with Crippen molar-refractivity contribution in [3.63, 3.8) is 0 Å². The Labute approximate surface area is 109 Å². The van der Waals surface area contributed by atoms with Crippen molar-refractivity contribution >= 4 is 5.69 Å². The summed E-state index contributed by atoms with van der Waals surface area (Å²) in [4.78, 5) is 2.39. The number of rotatable bonds is 4. The summed E-state index contributed by atoms with van der Waals surface area (Å²) in [5.41, 5.74) is 6.97. The maximum Gasteiger partial charge on any atom is 0.162 e. The quantitative estimate of drug-likeness (QED) is 0.886. The molecule has 1 saturated heterocycles. The van der Waals surface area contributed by atoms with E-state index in [1.165, 1.54) is 5.69 Å². The Bertz CT molecular complexity index is 409. The van der Waals surface area contributed by atoms with Crippen LogP contribution in [0, 0.1) is 5.92 Å². The Hall–Kier alpha value is -1.42. The Kier molecular flexibility index (Phi) is 3.97. The predicted octanol–water partition coefficient (Wildman–Crippen LogP) is 1.88. The van der Waals surface area contributed by atoms with Crippen LogP contribution in [0.5, 0.6) is 11.5 Å². The van der Waals surface area contributed by atoms with Crippen molar-refractivity contribution in [2.24, 2.45) is 11.7 Å². The molecule has 0 radical (unpaired) electrons. The summed E-state index contributed by atoms with van der Waals surface area (Å²) in [5, 5.41) is 0. The molecule has 1 aromatic rings. The number of hydrogen-bond acceptors (Lipinski definition) is 4. The number of ether oxygens (including phenoxy) is 2. The van der Waals surface area contributed by atoms with Gasteiger partial charge in [-0.15, -0.1) is 0 Å². The number of hydrogen-bond donors (Lipinski definition) is 1. The van der Waals surface area contributed by atoms with Crippen molar-refractivity contribution < 1.29 is 9.47 Å². The van der Waals surface area contributed by atoms with Gasteiger partial charge in [-0.05, 0) is 37.9 Å². The summed E-state index contributed by atoms with van der Waals surface area (Å²) in [6.07, 6.45) is 1.16. The molecule has 0 aromatic heterocycles. The molecule has 2 rings (SSSR count). The van der Waals surface area contributed by atoms with Gasteiger partial charge in [-0.3, -0.25) is 0 Å². The van der Waals surface area contributed by atoms with Crippen molar-refractivity contribution in [1.82, 2.24) is 0 Å². The van der Waals surface area contributed by atoms with Crippen LogP contribution in [-0.4, -0.2) is 33.4 Å². The Balaban J connectivity index is 2.24. The average molecular weight is 250 g/mol. The third-order valence-electron chi connectivity index (χ3n) is 3.92. The minimum absolute atomic E-state index is 0.480. The third kappa shape index (κ3) is 2.25. The lowest BCUT2D eigenvalue weighted by Gasteiger charge is -2.27. The van der Waals surface area contributed by atoms with Crippen LogP contribution in [0.1, 0.15) is 13.3 Å². The zero-order valence-corrected chi connectivity index (χ0v) is 11.3. The van der Waals surface area contributed by atoms with E-state index in [1.807, 2.05) is 12.1 Å². The van der Waals surface area contributed by atoms with Gasteiger partial charge < -0.3 is 20.1 Å². The molecule has 1 fully saturated rings. The van der Waals surface area contributed by atoms with Gasteiger partial charge in [0.2, 0.25) is 0 Å². The van der Waals surface area contributed by atoms with Crippen LogP contribution in [-0.2, 0) is 0 Å². The molecule has 0 aliphatic carbocycles. The zero-order chi connectivity index (χ0) is 13.1. The van der Waals surface area contributed by atoms with E-state index in [-0.39, 0.29) is 0 Å². The highest BCUT2D eigenvalue weighted by Gasteiger charge is 2.30. The van der Waals surface area contributed by atoms with Crippen molar-refractivity contribution in [2.75, 3.05) is 32.2 Å². The maximum absolute atomic E-state index is 5.79. The first-order valence-electron chi connectivity index (χ1n) is 6.40. The molecule has 2 unspecified atom stereocenters. The van der Waals surface area contributed by atoms with Crippen molar-refractivity contribution in [3.8, 4) is 11.5 Å². The number of nitrogens with zero attached hydrogens (tertiary/aromatic N) is 1. The van der Waals surface area contributed by atoms with Crippen LogP contribution >= 0.6 is 0 Å². The van der Waals surface area contributed by atoms with Crippen molar-refractivity contribution in [2.45, 2.75) is 19.4 Å². The van der Waals surface area contributed by atoms with Gasteiger partial charge in [-0.1, -0.05) is 0 Å². The smallest absolute Gasteiger partial charge is 0.162 e. The summed E-state index contributed by atoms with van der Waals surface area (Å²) >= 11 is 0. The fourth-order valence-electron chi connectivity index (χ4n) is 2.69. The second-order valence-corrected chi connectivity index (χ2v) is 4.76. The molecule has 1 aromatic carbocycles. The van der Waals surface area contributed by atoms with Crippen LogP contribution in [0.4, 0.5) is 5.69 Å². The normalized spacial score (nSPS) is 23.2. The first-order valence-corrected chi connectivity index (χ1v) is 6.40. The average Bonchev–Trinajstić information content (AvgIpc) is 2.79. The maximum atomic E-state index is 5.79. The summed E-state index contributed by atoms with van der Waals surface area (Å²) in [7, 11) is 3.32. The van der Waals surface area contributed by atoms with Gasteiger partial charge in [0.15, 0.2) is 11.5 Å². The molecule has 2 N–H and O–H groups in total. The van der Waals surface area contributed by atoms with Crippen LogP contribution < -0.4 is 20.1 Å². The van der Waals surface area contributed by atoms with Crippen LogP contribution in [0.15, 0.2) is 18.2 Å². The second-order valence-electron chi connectivity index (χ2n) is 4.76. The molecule has 0 saturated carbocycles. The summed E-state index contributed by atoms with van der Waals surface area (Å²) in [5.74, 6) is 2.12. The molecule has 1 heterocycles. The minimum atomic E-state index is 0.480. The molecule has 4 nitrogen and oxygen atoms in total. The highest BCUT2D eigenvalue weighted by molar-refractivity contribution is 5.57. The Morgan fingerprint density at radius 1 is 1.28 bits per heavy atom. The number of nitrogens with two attached hydrogens (primary N) is 1. The van der Waals surface area contributed by atoms with Crippen molar-refractivity contribution in [3.05, 3.63) is 18.2 Å². The van der Waals surface area contributed by atoms with Gasteiger partial charge in [0.05, 0.1) is 14.2 Å². The summed E-state index contributed by atoms with van der Waals surface area (Å²) < 4.78 is 10.6. The topological polar surface area (TPSA) is 47.7 Å². The highest BCUT2D eigenvalue weighted by atomic mass is 16.5. The van der Waals surface area contributed by atoms with E-state index in [2.05, 4.69) is 17.9 Å². The lowest BCUT2D eigenvalue weighted by molar-refractivity contribution is 0.355. The van der Waals surface area contributed by atoms with Crippen LogP contribution in [0.3, 0.4) is 0 Å². The molecular formula is C14H22N2O2. The largest absolute Gasteiger partial charge is 0.493 e. The first-order chi connectivity index (χ1) is 8.71. The molecule has 0 amide bonds. The Morgan fingerprint density at radius 2 is 2.00 bits per heavy atom. The lowest BCUT2D eigenvalue weighted by Crippen LogP contribution is -2.32. The third-order valence-corrected chi connectivity index (χ3v) is 3.92. The summed E-state index contributed by atoms with van der Waals surface area (Å²) in [6.45, 7) is 4.05. The first kappa shape index (κ1) is 13.0. The molecule has 4 heteroatoms. The molecule has 100 valence electrons. The van der Waals surface area contributed by atoms with E-state index in [0.29, 0.717) is 12.0 Å². The zero-order valence-electron chi connectivity index (χ0n) is 11.3. The van der Waals surface area contributed by atoms with E-state index in [1.54, 1.807) is 14.2 Å².